The zero-order chi connectivity index (χ0) is 30.9. The average molecular weight is 587 g/mol. The molecule has 220 valence electrons. The van der Waals surface area contributed by atoms with Crippen LogP contribution in [-0.2, 0) is 35.9 Å². The molecule has 0 aliphatic heterocycles. The number of carbonyl (C=O) groups excluding carboxylic acids is 2. The molecule has 0 unspecified atom stereocenters. The molecule has 43 heavy (non-hydrogen) atoms. The van der Waals surface area contributed by atoms with E-state index >= 15 is 0 Å². The predicted molar refractivity (Wildman–Crippen MR) is 150 cm³/mol. The first-order valence-electron chi connectivity index (χ1n) is 12.8. The summed E-state index contributed by atoms with van der Waals surface area (Å²) in [5.74, 6) is -4.57. The Kier molecular flexibility index (Phi) is 9.84. The van der Waals surface area contributed by atoms with Crippen molar-refractivity contribution in [2.75, 3.05) is 0 Å². The van der Waals surface area contributed by atoms with Crippen LogP contribution in [-0.4, -0.2) is 44.3 Å². The number of esters is 2. The number of carbonyl (C=O) groups is 4. The van der Waals surface area contributed by atoms with Crippen molar-refractivity contribution in [3.05, 3.63) is 129 Å². The summed E-state index contributed by atoms with van der Waals surface area (Å²) in [7, 11) is 0. The molecule has 0 aliphatic rings. The van der Waals surface area contributed by atoms with E-state index in [4.69, 9.17) is 24.4 Å². The summed E-state index contributed by atoms with van der Waals surface area (Å²) in [5, 5.41) is 37.6. The van der Waals surface area contributed by atoms with Crippen LogP contribution in [0.5, 0.6) is 11.5 Å². The van der Waals surface area contributed by atoms with Crippen LogP contribution in [0.4, 0.5) is 0 Å². The molecule has 11 heteroatoms. The highest BCUT2D eigenvalue weighted by Crippen LogP contribution is 2.28. The van der Waals surface area contributed by atoms with Gasteiger partial charge in [-0.1, -0.05) is 48.5 Å². The fourth-order valence-corrected chi connectivity index (χ4v) is 3.96. The Bertz CT molecular complexity index is 1640. The van der Waals surface area contributed by atoms with Crippen LogP contribution >= 0.6 is 0 Å². The SMILES string of the molecule is O=C(O)c1cc(Oc2ccc(C(=O)O)c(C(=O)OCc3ccc(CO)cc3)c2)ccc1C(=O)OCc1ccc(CO)cc1. The van der Waals surface area contributed by atoms with Crippen molar-refractivity contribution < 1.29 is 53.8 Å². The minimum atomic E-state index is -1.41. The number of carboxylic acid groups (broad SMARTS) is 2. The van der Waals surface area contributed by atoms with Gasteiger partial charge >= 0.3 is 23.9 Å². The first-order chi connectivity index (χ1) is 20.7. The van der Waals surface area contributed by atoms with Crippen LogP contribution in [0.3, 0.4) is 0 Å². The highest BCUT2D eigenvalue weighted by Gasteiger charge is 2.22. The van der Waals surface area contributed by atoms with Crippen LogP contribution in [0.25, 0.3) is 0 Å². The van der Waals surface area contributed by atoms with E-state index in [1.165, 1.54) is 18.2 Å². The van der Waals surface area contributed by atoms with Gasteiger partial charge in [0, 0.05) is 0 Å². The Balaban J connectivity index is 1.49. The van der Waals surface area contributed by atoms with Crippen LogP contribution in [0.15, 0.2) is 84.9 Å². The van der Waals surface area contributed by atoms with E-state index in [1.807, 2.05) is 0 Å². The molecule has 4 rings (SSSR count). The number of hydrogen-bond donors (Lipinski definition) is 4. The third-order valence-electron chi connectivity index (χ3n) is 6.27. The summed E-state index contributed by atoms with van der Waals surface area (Å²) in [4.78, 5) is 49.2. The number of hydrogen-bond acceptors (Lipinski definition) is 9. The molecular formula is C32H26O11. The smallest absolute Gasteiger partial charge is 0.339 e. The average Bonchev–Trinajstić information content (AvgIpc) is 3.02. The summed E-state index contributed by atoms with van der Waals surface area (Å²) in [6.45, 7) is -0.544. The Labute approximate surface area is 245 Å². The molecule has 0 radical (unpaired) electrons. The van der Waals surface area contributed by atoms with Crippen molar-refractivity contribution in [3.63, 3.8) is 0 Å². The van der Waals surface area contributed by atoms with Crippen molar-refractivity contribution in [1.29, 1.82) is 0 Å². The van der Waals surface area contributed by atoms with E-state index in [-0.39, 0.29) is 54.6 Å². The summed E-state index contributed by atoms with van der Waals surface area (Å²) in [6.07, 6.45) is 0. The number of carboxylic acids is 2. The molecule has 0 spiro atoms. The van der Waals surface area contributed by atoms with Gasteiger partial charge in [0.25, 0.3) is 0 Å². The lowest BCUT2D eigenvalue weighted by atomic mass is 10.1. The second-order valence-corrected chi connectivity index (χ2v) is 9.23. The van der Waals surface area contributed by atoms with Crippen LogP contribution in [0.1, 0.15) is 63.7 Å². The van der Waals surface area contributed by atoms with Gasteiger partial charge in [-0.15, -0.1) is 0 Å². The van der Waals surface area contributed by atoms with Gasteiger partial charge in [0.1, 0.15) is 24.7 Å². The summed E-state index contributed by atoms with van der Waals surface area (Å²) in [5.41, 5.74) is 1.39. The van der Waals surface area contributed by atoms with E-state index in [9.17, 15) is 29.4 Å². The molecule has 0 fully saturated rings. The molecule has 0 atom stereocenters. The maximum absolute atomic E-state index is 12.8. The Morgan fingerprint density at radius 2 is 0.884 bits per heavy atom. The number of rotatable bonds is 12. The summed E-state index contributed by atoms with van der Waals surface area (Å²) in [6, 6.07) is 20.6. The molecule has 0 bridgehead atoms. The quantitative estimate of drug-likeness (QED) is 0.171. The van der Waals surface area contributed by atoms with E-state index in [1.54, 1.807) is 48.5 Å². The second kappa shape index (κ2) is 13.9. The first kappa shape index (κ1) is 30.4. The van der Waals surface area contributed by atoms with Crippen LogP contribution < -0.4 is 4.74 Å². The predicted octanol–water partition coefficient (Wildman–Crippen LogP) is 4.57. The number of aliphatic hydroxyl groups excluding tert-OH is 2. The molecule has 4 aromatic carbocycles. The first-order valence-corrected chi connectivity index (χ1v) is 12.8. The van der Waals surface area contributed by atoms with Crippen molar-refractivity contribution in [2.45, 2.75) is 26.4 Å². The molecule has 4 aromatic rings. The number of benzene rings is 4. The van der Waals surface area contributed by atoms with Crippen molar-refractivity contribution >= 4 is 23.9 Å². The fourth-order valence-electron chi connectivity index (χ4n) is 3.96. The molecule has 0 saturated carbocycles. The van der Waals surface area contributed by atoms with Crippen molar-refractivity contribution in [3.8, 4) is 11.5 Å². The van der Waals surface area contributed by atoms with E-state index in [2.05, 4.69) is 0 Å². The minimum Gasteiger partial charge on any atom is -0.478 e. The molecule has 0 amide bonds. The summed E-state index contributed by atoms with van der Waals surface area (Å²) < 4.78 is 16.2. The van der Waals surface area contributed by atoms with E-state index in [0.717, 1.165) is 18.2 Å². The Hall–Kier alpha value is -5.52. The number of aliphatic hydroxyl groups is 2. The number of aromatic carboxylic acids is 2. The minimum absolute atomic E-state index is 0.0000855. The topological polar surface area (TPSA) is 177 Å². The monoisotopic (exact) mass is 586 g/mol. The van der Waals surface area contributed by atoms with E-state index in [0.29, 0.717) is 22.3 Å². The van der Waals surface area contributed by atoms with Crippen LogP contribution in [0, 0.1) is 0 Å². The molecule has 0 aliphatic carbocycles. The van der Waals surface area contributed by atoms with Gasteiger partial charge < -0.3 is 34.6 Å². The Morgan fingerprint density at radius 1 is 0.488 bits per heavy atom. The number of ether oxygens (including phenoxy) is 3. The fraction of sp³-hybridized carbons (Fsp3) is 0.125. The van der Waals surface area contributed by atoms with E-state index < -0.39 is 29.4 Å². The van der Waals surface area contributed by atoms with Gasteiger partial charge in [0.15, 0.2) is 0 Å². The van der Waals surface area contributed by atoms with Gasteiger partial charge in [-0.2, -0.15) is 0 Å². The third kappa shape index (κ3) is 7.82. The highest BCUT2D eigenvalue weighted by atomic mass is 16.5. The van der Waals surface area contributed by atoms with Crippen LogP contribution in [0.2, 0.25) is 0 Å². The van der Waals surface area contributed by atoms with Crippen molar-refractivity contribution in [1.82, 2.24) is 0 Å². The molecule has 4 N–H and O–H groups in total. The maximum atomic E-state index is 12.8. The zero-order valence-corrected chi connectivity index (χ0v) is 22.6. The lowest BCUT2D eigenvalue weighted by molar-refractivity contribution is 0.0457. The van der Waals surface area contributed by atoms with Crippen molar-refractivity contribution in [2.24, 2.45) is 0 Å². The Morgan fingerprint density at radius 3 is 1.33 bits per heavy atom. The molecule has 11 nitrogen and oxygen atoms in total. The highest BCUT2D eigenvalue weighted by molar-refractivity contribution is 6.03. The third-order valence-corrected chi connectivity index (χ3v) is 6.27. The lowest BCUT2D eigenvalue weighted by Crippen LogP contribution is -2.12. The van der Waals surface area contributed by atoms with Gasteiger partial charge in [-0.3, -0.25) is 0 Å². The van der Waals surface area contributed by atoms with Gasteiger partial charge in [-0.25, -0.2) is 19.2 Å². The van der Waals surface area contributed by atoms with Gasteiger partial charge in [0.2, 0.25) is 0 Å². The molecule has 0 saturated heterocycles. The lowest BCUT2D eigenvalue weighted by Gasteiger charge is -2.12. The molecular weight excluding hydrogens is 560 g/mol. The van der Waals surface area contributed by atoms with Gasteiger partial charge in [0.05, 0.1) is 35.5 Å². The normalized spacial score (nSPS) is 10.6. The molecule has 0 aromatic heterocycles. The second-order valence-electron chi connectivity index (χ2n) is 9.23. The molecule has 0 heterocycles. The largest absolute Gasteiger partial charge is 0.478 e. The maximum Gasteiger partial charge on any atom is 0.339 e. The standard InChI is InChI=1S/C32H26O11/c33-15-19-1-5-21(6-2-19)17-41-31(39)26-12-10-23(13-27(26)30(37)38)43-24-9-11-25(29(35)36)28(14-24)32(40)42-18-22-7-3-20(16-34)4-8-22/h1-14,33-34H,15-18H2,(H,35,36)(H,37,38). The summed E-state index contributed by atoms with van der Waals surface area (Å²) >= 11 is 0. The zero-order valence-electron chi connectivity index (χ0n) is 22.6. The van der Waals surface area contributed by atoms with Gasteiger partial charge in [-0.05, 0) is 58.7 Å².